The van der Waals surface area contributed by atoms with Gasteiger partial charge in [0.15, 0.2) is 0 Å². The molecule has 34 heavy (non-hydrogen) atoms. The van der Waals surface area contributed by atoms with Crippen molar-refractivity contribution in [2.75, 3.05) is 11.4 Å². The van der Waals surface area contributed by atoms with Gasteiger partial charge in [-0.05, 0) is 29.7 Å². The summed E-state index contributed by atoms with van der Waals surface area (Å²) in [5.41, 5.74) is 3.79. The molecular weight excluding hydrogens is 431 g/mol. The normalized spacial score (nSPS) is 12.3. The Balaban J connectivity index is 1.42. The van der Waals surface area contributed by atoms with Gasteiger partial charge in [0, 0.05) is 30.5 Å². The number of ether oxygens (including phenoxy) is 1. The summed E-state index contributed by atoms with van der Waals surface area (Å²) in [5.74, 6) is -0.183. The Kier molecular flexibility index (Phi) is 6.16. The highest BCUT2D eigenvalue weighted by atomic mass is 19.1. The van der Waals surface area contributed by atoms with Gasteiger partial charge >= 0.3 is 0 Å². The number of anilines is 2. The number of benzene rings is 3. The zero-order valence-electron chi connectivity index (χ0n) is 18.4. The number of rotatable bonds is 7. The summed E-state index contributed by atoms with van der Waals surface area (Å²) in [5, 5.41) is 2.88. The highest BCUT2D eigenvalue weighted by Crippen LogP contribution is 2.33. The Bertz CT molecular complexity index is 1310. The van der Waals surface area contributed by atoms with Crippen LogP contribution in [0.4, 0.5) is 16.0 Å². The zero-order chi connectivity index (χ0) is 23.3. The van der Waals surface area contributed by atoms with Crippen LogP contribution in [0.25, 0.3) is 0 Å². The molecule has 4 aromatic rings. The molecular formula is C27H23FN4O2. The van der Waals surface area contributed by atoms with Crippen LogP contribution in [0, 0.1) is 5.82 Å². The summed E-state index contributed by atoms with van der Waals surface area (Å²) in [6.45, 7) is 1.03. The van der Waals surface area contributed by atoms with Gasteiger partial charge in [-0.15, -0.1) is 0 Å². The number of hydrogen-bond donors (Lipinski definition) is 1. The van der Waals surface area contributed by atoms with Crippen molar-refractivity contribution in [3.63, 3.8) is 0 Å². The maximum atomic E-state index is 14.1. The van der Waals surface area contributed by atoms with Gasteiger partial charge in [0.25, 0.3) is 5.91 Å². The van der Waals surface area contributed by atoms with Crippen LogP contribution in [0.1, 0.15) is 27.0 Å². The molecule has 0 radical (unpaired) electrons. The van der Waals surface area contributed by atoms with Crippen LogP contribution >= 0.6 is 0 Å². The van der Waals surface area contributed by atoms with Gasteiger partial charge in [0.05, 0.1) is 0 Å². The molecule has 1 amide bonds. The average molecular weight is 455 g/mol. The molecule has 0 bridgehead atoms. The number of aromatic nitrogens is 2. The largest absolute Gasteiger partial charge is 0.472 e. The lowest BCUT2D eigenvalue weighted by molar-refractivity contribution is 0.0945. The monoisotopic (exact) mass is 454 g/mol. The number of para-hydroxylation sites is 1. The van der Waals surface area contributed by atoms with Gasteiger partial charge in [-0.3, -0.25) is 4.79 Å². The van der Waals surface area contributed by atoms with E-state index >= 15 is 0 Å². The van der Waals surface area contributed by atoms with E-state index in [9.17, 15) is 9.18 Å². The molecule has 3 aromatic carbocycles. The number of hydrogen-bond acceptors (Lipinski definition) is 5. The third-order valence-electron chi connectivity index (χ3n) is 5.73. The number of nitrogens with zero attached hydrogens (tertiary/aromatic N) is 3. The van der Waals surface area contributed by atoms with Crippen LogP contribution in [0.15, 0.2) is 85.1 Å². The second-order valence-electron chi connectivity index (χ2n) is 7.97. The lowest BCUT2D eigenvalue weighted by atomic mass is 10.2. The number of carbonyl (C=O) groups excluding carboxylic acids is 1. The van der Waals surface area contributed by atoms with E-state index in [-0.39, 0.29) is 29.8 Å². The standard InChI is InChI=1S/C27H23FN4O2/c28-23-12-6-4-11-21(23)18-34-26-22(25(33)29-16-19-8-2-1-3-9-19)17-30-27(31-26)32-15-14-20-10-5-7-13-24(20)32/h1-13,17H,14-16,18H2,(H,29,33). The zero-order valence-corrected chi connectivity index (χ0v) is 18.4. The topological polar surface area (TPSA) is 67.4 Å². The number of fused-ring (bicyclic) bond motifs is 1. The number of nitrogens with one attached hydrogen (secondary N) is 1. The van der Waals surface area contributed by atoms with Crippen LogP contribution < -0.4 is 15.0 Å². The van der Waals surface area contributed by atoms with Crippen LogP contribution in [-0.4, -0.2) is 22.4 Å². The van der Waals surface area contributed by atoms with E-state index in [4.69, 9.17) is 4.74 Å². The second kappa shape index (κ2) is 9.70. The lowest BCUT2D eigenvalue weighted by Gasteiger charge is -2.19. The van der Waals surface area contributed by atoms with E-state index in [0.717, 1.165) is 24.2 Å². The molecule has 2 heterocycles. The quantitative estimate of drug-likeness (QED) is 0.434. The molecule has 0 spiro atoms. The van der Waals surface area contributed by atoms with Crippen molar-refractivity contribution >= 4 is 17.5 Å². The molecule has 1 aliphatic rings. The molecule has 0 unspecified atom stereocenters. The Morgan fingerprint density at radius 1 is 1.00 bits per heavy atom. The van der Waals surface area contributed by atoms with Crippen LogP contribution in [0.5, 0.6) is 5.88 Å². The van der Waals surface area contributed by atoms with Gasteiger partial charge in [-0.2, -0.15) is 4.98 Å². The third-order valence-corrected chi connectivity index (χ3v) is 5.73. The minimum absolute atomic E-state index is 0.0569. The smallest absolute Gasteiger partial charge is 0.258 e. The van der Waals surface area contributed by atoms with Gasteiger partial charge in [0.2, 0.25) is 11.8 Å². The van der Waals surface area contributed by atoms with E-state index in [1.807, 2.05) is 53.4 Å². The van der Waals surface area contributed by atoms with Crippen molar-refractivity contribution < 1.29 is 13.9 Å². The highest BCUT2D eigenvalue weighted by molar-refractivity contribution is 5.96. The van der Waals surface area contributed by atoms with Crippen molar-refractivity contribution in [1.82, 2.24) is 15.3 Å². The molecule has 1 aliphatic heterocycles. The fourth-order valence-corrected chi connectivity index (χ4v) is 3.93. The van der Waals surface area contributed by atoms with Crippen LogP contribution in [0.2, 0.25) is 0 Å². The minimum atomic E-state index is -0.375. The summed E-state index contributed by atoms with van der Waals surface area (Å²) in [6.07, 6.45) is 2.35. The molecule has 0 aliphatic carbocycles. The van der Waals surface area contributed by atoms with Gasteiger partial charge in [0.1, 0.15) is 18.0 Å². The molecule has 0 saturated carbocycles. The van der Waals surface area contributed by atoms with E-state index in [1.165, 1.54) is 17.8 Å². The Morgan fingerprint density at radius 3 is 2.62 bits per heavy atom. The molecule has 1 N–H and O–H groups in total. The second-order valence-corrected chi connectivity index (χ2v) is 7.97. The van der Waals surface area contributed by atoms with Crippen molar-refractivity contribution in [3.05, 3.63) is 113 Å². The molecule has 5 rings (SSSR count). The molecule has 0 fully saturated rings. The first-order valence-corrected chi connectivity index (χ1v) is 11.1. The number of amides is 1. The minimum Gasteiger partial charge on any atom is -0.472 e. The van der Waals surface area contributed by atoms with E-state index in [0.29, 0.717) is 18.1 Å². The number of halogens is 1. The summed E-state index contributed by atoms with van der Waals surface area (Å²) in [6, 6.07) is 24.1. The Labute approximate surface area is 197 Å². The number of carbonyl (C=O) groups is 1. The van der Waals surface area contributed by atoms with Crippen LogP contribution in [0.3, 0.4) is 0 Å². The van der Waals surface area contributed by atoms with Crippen molar-refractivity contribution in [2.45, 2.75) is 19.6 Å². The Hall–Kier alpha value is -4.26. The van der Waals surface area contributed by atoms with Crippen molar-refractivity contribution in [3.8, 4) is 5.88 Å². The summed E-state index contributed by atoms with van der Waals surface area (Å²) >= 11 is 0. The maximum absolute atomic E-state index is 14.1. The SMILES string of the molecule is O=C(NCc1ccccc1)c1cnc(N2CCc3ccccc32)nc1OCc1ccccc1F. The molecule has 0 saturated heterocycles. The fraction of sp³-hybridized carbons (Fsp3) is 0.148. The summed E-state index contributed by atoms with van der Waals surface area (Å²) < 4.78 is 20.0. The fourth-order valence-electron chi connectivity index (χ4n) is 3.93. The van der Waals surface area contributed by atoms with E-state index in [1.54, 1.807) is 18.2 Å². The molecule has 170 valence electrons. The molecule has 6 nitrogen and oxygen atoms in total. The average Bonchev–Trinajstić information content (AvgIpc) is 3.31. The summed E-state index contributed by atoms with van der Waals surface area (Å²) in [7, 11) is 0. The first-order valence-electron chi connectivity index (χ1n) is 11.1. The highest BCUT2D eigenvalue weighted by Gasteiger charge is 2.24. The van der Waals surface area contributed by atoms with Crippen LogP contribution in [-0.2, 0) is 19.6 Å². The van der Waals surface area contributed by atoms with Crippen molar-refractivity contribution in [1.29, 1.82) is 0 Å². The summed E-state index contributed by atoms with van der Waals surface area (Å²) in [4.78, 5) is 24.0. The predicted molar refractivity (Wildman–Crippen MR) is 128 cm³/mol. The maximum Gasteiger partial charge on any atom is 0.258 e. The van der Waals surface area contributed by atoms with E-state index < -0.39 is 0 Å². The van der Waals surface area contributed by atoms with Crippen molar-refractivity contribution in [2.24, 2.45) is 0 Å². The van der Waals surface area contributed by atoms with Gasteiger partial charge < -0.3 is 15.0 Å². The van der Waals surface area contributed by atoms with Gasteiger partial charge in [-0.25, -0.2) is 9.37 Å². The van der Waals surface area contributed by atoms with E-state index in [2.05, 4.69) is 21.4 Å². The molecule has 7 heteroatoms. The first kappa shape index (κ1) is 21.6. The first-order chi connectivity index (χ1) is 16.7. The van der Waals surface area contributed by atoms with Gasteiger partial charge in [-0.1, -0.05) is 66.7 Å². The third kappa shape index (κ3) is 4.59. The lowest BCUT2D eigenvalue weighted by Crippen LogP contribution is -2.25. The molecule has 1 aromatic heterocycles. The Morgan fingerprint density at radius 2 is 1.76 bits per heavy atom. The predicted octanol–water partition coefficient (Wildman–Crippen LogP) is 4.82. The molecule has 0 atom stereocenters.